The first-order chi connectivity index (χ1) is 32.0. The van der Waals surface area contributed by atoms with Gasteiger partial charge in [0.2, 0.25) is 11.8 Å². The number of aliphatic carboxylic acids is 3. The maximum absolute atomic E-state index is 12.9. The molecule has 3 amide bonds. The zero-order valence-electron chi connectivity index (χ0n) is 38.5. The summed E-state index contributed by atoms with van der Waals surface area (Å²) in [7, 11) is 2.97. The van der Waals surface area contributed by atoms with Crippen LogP contribution in [0, 0.1) is 0 Å². The van der Waals surface area contributed by atoms with E-state index in [2.05, 4.69) is 16.0 Å². The molecule has 0 aromatic heterocycles. The van der Waals surface area contributed by atoms with Crippen molar-refractivity contribution in [2.45, 2.75) is 19.8 Å². The lowest BCUT2D eigenvalue weighted by Gasteiger charge is -2.32. The smallest absolute Gasteiger partial charge is 0.317 e. The molecule has 1 fully saturated rings. The van der Waals surface area contributed by atoms with Crippen molar-refractivity contribution in [2.75, 3.05) is 138 Å². The van der Waals surface area contributed by atoms with E-state index in [1.807, 2.05) is 18.7 Å². The van der Waals surface area contributed by atoms with Crippen molar-refractivity contribution in [2.24, 2.45) is 10.7 Å². The van der Waals surface area contributed by atoms with Crippen LogP contribution in [0.1, 0.15) is 30.9 Å². The van der Waals surface area contributed by atoms with Crippen molar-refractivity contribution in [1.29, 1.82) is 0 Å². The highest BCUT2D eigenvalue weighted by atomic mass is 16.5. The summed E-state index contributed by atoms with van der Waals surface area (Å²) in [5, 5.41) is 45.3. The second-order valence-electron chi connectivity index (χ2n) is 15.6. The number of allylic oxidation sites excluding steroid dienone is 1. The van der Waals surface area contributed by atoms with Gasteiger partial charge in [-0.15, -0.1) is 0 Å². The van der Waals surface area contributed by atoms with E-state index in [4.69, 9.17) is 29.7 Å². The first-order valence-electron chi connectivity index (χ1n) is 21.6. The molecule has 9 N–H and O–H groups in total. The maximum Gasteiger partial charge on any atom is 0.317 e. The number of nitrogens with one attached hydrogen (secondary N) is 3. The molecule has 0 saturated carbocycles. The Morgan fingerprint density at radius 3 is 1.70 bits per heavy atom. The minimum Gasteiger partial charge on any atom is -0.496 e. The molecule has 0 spiro atoms. The standard InChI is InChI=1S/C44H65N9O14/c1-30(2)32-22-31(8-9-34(32)49-35(23-33(45)44(63)47-29-54)43-36(64-3)6-5-7-37(43)65-4)48-39(56)28-67-21-20-66-19-10-46-38(55)24-50-11-13-51(25-40(57)58)15-17-53(27-42(61)62)18-16-52(14-12-50)26-41(59)60/h5-9,22-23,30,54H,10-21,24-29,45H2,1-4H3,(H,46,55)(H,47,63)(H,48,56)(H,57,58)(H,59,60)(H,61,62)/b33-23-,49-35?. The molecule has 0 radical (unpaired) electrons. The van der Waals surface area contributed by atoms with Crippen LogP contribution in [0.2, 0.25) is 0 Å². The summed E-state index contributed by atoms with van der Waals surface area (Å²) in [4.78, 5) is 84.4. The third-order valence-corrected chi connectivity index (χ3v) is 10.2. The number of nitrogens with two attached hydrogens (primary N) is 1. The van der Waals surface area contributed by atoms with E-state index in [9.17, 15) is 49.2 Å². The number of aliphatic hydroxyl groups excluding tert-OH is 1. The fraction of sp³-hybridized carbons (Fsp3) is 0.523. The Labute approximate surface area is 389 Å². The summed E-state index contributed by atoms with van der Waals surface area (Å²) in [5.74, 6) is -3.81. The fourth-order valence-electron chi connectivity index (χ4n) is 6.87. The molecule has 23 heteroatoms. The van der Waals surface area contributed by atoms with Crippen molar-refractivity contribution in [1.82, 2.24) is 30.2 Å². The van der Waals surface area contributed by atoms with Crippen LogP contribution in [0.3, 0.4) is 0 Å². The van der Waals surface area contributed by atoms with Gasteiger partial charge >= 0.3 is 17.9 Å². The molecule has 1 aliphatic heterocycles. The van der Waals surface area contributed by atoms with Crippen LogP contribution in [0.5, 0.6) is 11.5 Å². The number of methoxy groups -OCH3 is 2. The summed E-state index contributed by atoms with van der Waals surface area (Å²) < 4.78 is 22.3. The number of hydrogen-bond acceptors (Lipinski definition) is 17. The van der Waals surface area contributed by atoms with Crippen molar-refractivity contribution in [3.05, 3.63) is 59.3 Å². The van der Waals surface area contributed by atoms with Crippen LogP contribution in [-0.4, -0.2) is 214 Å². The van der Waals surface area contributed by atoms with Gasteiger partial charge in [-0.1, -0.05) is 19.9 Å². The maximum atomic E-state index is 12.9. The van der Waals surface area contributed by atoms with Crippen molar-refractivity contribution >= 4 is 52.7 Å². The lowest BCUT2D eigenvalue weighted by molar-refractivity contribution is -0.140. The SMILES string of the molecule is COc1cccc(OC)c1C(/C=C(\N)C(=O)NCO)=Nc1ccc(NC(=O)COCCOCCNC(=O)CN2CCN(CC(=O)O)CCN(CC(=O)O)CCN(CC(=O)O)CC2)cc1C(C)C. The first kappa shape index (κ1) is 55.1. The third kappa shape index (κ3) is 20.5. The number of amides is 3. The van der Waals surface area contributed by atoms with Crippen LogP contribution in [0.15, 0.2) is 53.2 Å². The first-order valence-corrected chi connectivity index (χ1v) is 21.6. The molecule has 0 unspecified atom stereocenters. The Bertz CT molecular complexity index is 1980. The van der Waals surface area contributed by atoms with Crippen LogP contribution >= 0.6 is 0 Å². The Kier molecular flexibility index (Phi) is 24.2. The summed E-state index contributed by atoms with van der Waals surface area (Å²) in [6, 6.07) is 10.3. The third-order valence-electron chi connectivity index (χ3n) is 10.2. The number of carbonyl (C=O) groups is 6. The van der Waals surface area contributed by atoms with E-state index in [0.717, 1.165) is 5.56 Å². The Morgan fingerprint density at radius 1 is 0.716 bits per heavy atom. The molecule has 1 heterocycles. The minimum absolute atomic E-state index is 0.0301. The second kappa shape index (κ2) is 29.4. The number of aliphatic hydroxyl groups is 1. The molecule has 3 rings (SSSR count). The van der Waals surface area contributed by atoms with Crippen molar-refractivity contribution in [3.8, 4) is 11.5 Å². The molecule has 2 aromatic rings. The molecule has 0 bridgehead atoms. The highest BCUT2D eigenvalue weighted by Gasteiger charge is 2.22. The Morgan fingerprint density at radius 2 is 1.22 bits per heavy atom. The van der Waals surface area contributed by atoms with Gasteiger partial charge in [-0.05, 0) is 47.9 Å². The average molecular weight is 944 g/mol. The van der Waals surface area contributed by atoms with Gasteiger partial charge in [0, 0.05) is 64.6 Å². The van der Waals surface area contributed by atoms with Gasteiger partial charge in [-0.25, -0.2) is 4.99 Å². The van der Waals surface area contributed by atoms with E-state index < -0.39 is 36.5 Å². The van der Waals surface area contributed by atoms with E-state index in [1.54, 1.807) is 51.1 Å². The zero-order valence-corrected chi connectivity index (χ0v) is 38.5. The number of nitrogens with zero attached hydrogens (tertiary/aromatic N) is 5. The van der Waals surface area contributed by atoms with Gasteiger partial charge in [-0.2, -0.15) is 0 Å². The molecule has 67 heavy (non-hydrogen) atoms. The normalized spacial score (nSPS) is 15.3. The minimum atomic E-state index is -1.04. The predicted octanol–water partition coefficient (Wildman–Crippen LogP) is -0.580. The van der Waals surface area contributed by atoms with Gasteiger partial charge in [0.1, 0.15) is 24.8 Å². The van der Waals surface area contributed by atoms with Gasteiger partial charge in [-0.3, -0.25) is 48.4 Å². The van der Waals surface area contributed by atoms with Crippen LogP contribution in [0.4, 0.5) is 11.4 Å². The summed E-state index contributed by atoms with van der Waals surface area (Å²) in [6.45, 7) is 5.04. The number of anilines is 1. The number of aliphatic imine (C=N–C) groups is 1. The number of carboxylic acid groups (broad SMARTS) is 3. The quantitative estimate of drug-likeness (QED) is 0.0267. The summed E-state index contributed by atoms with van der Waals surface area (Å²) >= 11 is 0. The highest BCUT2D eigenvalue weighted by Crippen LogP contribution is 2.34. The molecule has 23 nitrogen and oxygen atoms in total. The number of hydrogen-bond donors (Lipinski definition) is 8. The summed E-state index contributed by atoms with van der Waals surface area (Å²) in [5.41, 5.74) is 8.30. The van der Waals surface area contributed by atoms with Gasteiger partial charge in [0.05, 0.1) is 82.9 Å². The number of carboxylic acids is 3. The topological polar surface area (TPSA) is 308 Å². The number of rotatable bonds is 25. The van der Waals surface area contributed by atoms with E-state index >= 15 is 0 Å². The monoisotopic (exact) mass is 943 g/mol. The fourth-order valence-corrected chi connectivity index (χ4v) is 6.87. The Balaban J connectivity index is 1.53. The van der Waals surface area contributed by atoms with Gasteiger partial charge in [0.25, 0.3) is 5.91 Å². The lowest BCUT2D eigenvalue weighted by Crippen LogP contribution is -2.50. The average Bonchev–Trinajstić information content (AvgIpc) is 3.27. The van der Waals surface area contributed by atoms with E-state index in [-0.39, 0.29) is 122 Å². The molecular weight excluding hydrogens is 879 g/mol. The molecule has 1 aliphatic rings. The predicted molar refractivity (Wildman–Crippen MR) is 246 cm³/mol. The van der Waals surface area contributed by atoms with Crippen molar-refractivity contribution in [3.63, 3.8) is 0 Å². The number of carbonyl (C=O) groups excluding carboxylic acids is 3. The largest absolute Gasteiger partial charge is 0.496 e. The molecule has 0 atom stereocenters. The van der Waals surface area contributed by atoms with Crippen LogP contribution in [-0.2, 0) is 38.2 Å². The molecule has 0 aliphatic carbocycles. The van der Waals surface area contributed by atoms with Crippen molar-refractivity contribution < 1.29 is 68.1 Å². The van der Waals surface area contributed by atoms with Gasteiger partial charge < -0.3 is 61.1 Å². The van der Waals surface area contributed by atoms with E-state index in [1.165, 1.54) is 20.3 Å². The summed E-state index contributed by atoms with van der Waals surface area (Å²) in [6.07, 6.45) is 1.36. The molecule has 370 valence electrons. The lowest BCUT2D eigenvalue weighted by atomic mass is 9.99. The zero-order chi connectivity index (χ0) is 49.3. The molecule has 1 saturated heterocycles. The number of benzene rings is 2. The highest BCUT2D eigenvalue weighted by molar-refractivity contribution is 6.16. The Hall–Kier alpha value is -6.21. The second-order valence-corrected chi connectivity index (χ2v) is 15.6. The van der Waals surface area contributed by atoms with Crippen LogP contribution in [0.25, 0.3) is 0 Å². The van der Waals surface area contributed by atoms with Crippen LogP contribution < -0.4 is 31.2 Å². The van der Waals surface area contributed by atoms with Gasteiger partial charge in [0.15, 0.2) is 0 Å². The number of ether oxygens (including phenoxy) is 4. The molecule has 2 aromatic carbocycles. The van der Waals surface area contributed by atoms with E-state index in [0.29, 0.717) is 41.5 Å². The molecular formula is C44H65N9O14.